The summed E-state index contributed by atoms with van der Waals surface area (Å²) in [6, 6.07) is 0.638. The van der Waals surface area contributed by atoms with Gasteiger partial charge in [-0.3, -0.25) is 9.97 Å². The van der Waals surface area contributed by atoms with Crippen LogP contribution in [-0.4, -0.2) is 43.6 Å². The van der Waals surface area contributed by atoms with Crippen LogP contribution in [0.4, 0.5) is 0 Å². The average molecular weight is 313 g/mol. The molecule has 0 aromatic carbocycles. The lowest BCUT2D eigenvalue weighted by Crippen LogP contribution is -2.40. The van der Waals surface area contributed by atoms with Gasteiger partial charge in [-0.25, -0.2) is 4.98 Å². The molecule has 23 heavy (non-hydrogen) atoms. The van der Waals surface area contributed by atoms with Crippen molar-refractivity contribution < 1.29 is 0 Å². The first-order valence-corrected chi connectivity index (χ1v) is 8.58. The highest BCUT2D eigenvalue weighted by Crippen LogP contribution is 2.22. The lowest BCUT2D eigenvalue weighted by atomic mass is 9.93. The van der Waals surface area contributed by atoms with E-state index in [0.29, 0.717) is 12.0 Å². The molecule has 1 atom stereocenters. The highest BCUT2D eigenvalue weighted by molar-refractivity contribution is 5.52. The van der Waals surface area contributed by atoms with Crippen LogP contribution in [0.5, 0.6) is 0 Å². The molecule has 1 unspecified atom stereocenters. The van der Waals surface area contributed by atoms with Gasteiger partial charge in [-0.1, -0.05) is 0 Å². The van der Waals surface area contributed by atoms with Crippen molar-refractivity contribution in [2.24, 2.45) is 13.0 Å². The molecule has 3 heterocycles. The normalized spacial score (nSPS) is 19.4. The molecule has 2 aromatic heterocycles. The summed E-state index contributed by atoms with van der Waals surface area (Å²) in [5, 5.41) is 0. The second-order valence-electron chi connectivity index (χ2n) is 6.94. The zero-order chi connectivity index (χ0) is 16.4. The minimum atomic E-state index is 0.638. The fourth-order valence-electron chi connectivity index (χ4n) is 3.36. The summed E-state index contributed by atoms with van der Waals surface area (Å²) in [5.74, 6) is 1.69. The number of piperidine rings is 1. The first-order valence-electron chi connectivity index (χ1n) is 8.58. The molecule has 1 fully saturated rings. The molecule has 0 saturated carbocycles. The third-order valence-corrected chi connectivity index (χ3v) is 4.97. The molecule has 2 aromatic rings. The van der Waals surface area contributed by atoms with Gasteiger partial charge in [0.25, 0.3) is 0 Å². The molecule has 0 aliphatic carbocycles. The molecule has 5 nitrogen and oxygen atoms in total. The molecular weight excluding hydrogens is 286 g/mol. The summed E-state index contributed by atoms with van der Waals surface area (Å²) in [5.41, 5.74) is 3.01. The van der Waals surface area contributed by atoms with Crippen molar-refractivity contribution in [3.63, 3.8) is 0 Å². The van der Waals surface area contributed by atoms with Gasteiger partial charge in [0.1, 0.15) is 11.5 Å². The van der Waals surface area contributed by atoms with Crippen LogP contribution in [0.2, 0.25) is 0 Å². The molecule has 124 valence electrons. The van der Waals surface area contributed by atoms with Crippen LogP contribution in [0.15, 0.2) is 18.6 Å². The van der Waals surface area contributed by atoms with E-state index < -0.39 is 0 Å². The second-order valence-corrected chi connectivity index (χ2v) is 6.94. The van der Waals surface area contributed by atoms with Gasteiger partial charge >= 0.3 is 0 Å². The Morgan fingerprint density at radius 1 is 1.17 bits per heavy atom. The smallest absolute Gasteiger partial charge is 0.107 e. The lowest BCUT2D eigenvalue weighted by molar-refractivity contribution is 0.139. The first-order chi connectivity index (χ1) is 11.0. The number of hydrogen-bond donors (Lipinski definition) is 0. The summed E-state index contributed by atoms with van der Waals surface area (Å²) < 4.78 is 2.05. The molecule has 0 N–H and O–H groups in total. The second kappa shape index (κ2) is 6.79. The van der Waals surface area contributed by atoms with Crippen molar-refractivity contribution >= 4 is 0 Å². The van der Waals surface area contributed by atoms with Crippen LogP contribution in [0.3, 0.4) is 0 Å². The number of hydrogen-bond acceptors (Lipinski definition) is 4. The monoisotopic (exact) mass is 313 g/mol. The van der Waals surface area contributed by atoms with Gasteiger partial charge in [0.15, 0.2) is 0 Å². The maximum atomic E-state index is 4.65. The Kier molecular flexibility index (Phi) is 4.76. The Morgan fingerprint density at radius 3 is 2.61 bits per heavy atom. The Bertz CT molecular complexity index is 644. The topological polar surface area (TPSA) is 46.8 Å². The maximum absolute atomic E-state index is 4.65. The van der Waals surface area contributed by atoms with Gasteiger partial charge in [0.2, 0.25) is 0 Å². The predicted octanol–water partition coefficient (Wildman–Crippen LogP) is 2.85. The van der Waals surface area contributed by atoms with Gasteiger partial charge in [-0.05, 0) is 52.5 Å². The zero-order valence-electron chi connectivity index (χ0n) is 14.7. The third kappa shape index (κ3) is 3.61. The Balaban J connectivity index is 1.67. The summed E-state index contributed by atoms with van der Waals surface area (Å²) in [6.07, 6.45) is 9.30. The van der Waals surface area contributed by atoms with Crippen LogP contribution in [0, 0.1) is 12.8 Å². The van der Waals surface area contributed by atoms with E-state index in [2.05, 4.69) is 33.7 Å². The van der Waals surface area contributed by atoms with Gasteiger partial charge in [-0.15, -0.1) is 0 Å². The molecule has 0 amide bonds. The van der Waals surface area contributed by atoms with E-state index in [-0.39, 0.29) is 0 Å². The number of aromatic nitrogens is 4. The van der Waals surface area contributed by atoms with Crippen LogP contribution >= 0.6 is 0 Å². The quantitative estimate of drug-likeness (QED) is 0.871. The summed E-state index contributed by atoms with van der Waals surface area (Å²) >= 11 is 0. The van der Waals surface area contributed by atoms with Gasteiger partial charge < -0.3 is 9.47 Å². The van der Waals surface area contributed by atoms with E-state index in [9.17, 15) is 0 Å². The maximum Gasteiger partial charge on any atom is 0.107 e. The number of likely N-dealkylation sites (tertiary alicyclic amines) is 1. The standard InChI is InChI=1S/C18H27N5/c1-13(2)23-7-5-6-15(12-23)8-16-9-21-17(10-20-16)18-11-19-14(3)22(18)4/h9-11,13,15H,5-8,12H2,1-4H3. The zero-order valence-corrected chi connectivity index (χ0v) is 14.7. The van der Waals surface area contributed by atoms with Crippen molar-refractivity contribution in [3.05, 3.63) is 30.1 Å². The largest absolute Gasteiger partial charge is 0.330 e. The lowest BCUT2D eigenvalue weighted by Gasteiger charge is -2.35. The summed E-state index contributed by atoms with van der Waals surface area (Å²) in [7, 11) is 2.01. The molecule has 5 heteroatoms. The van der Waals surface area contributed by atoms with E-state index in [1.165, 1.54) is 25.9 Å². The van der Waals surface area contributed by atoms with Crippen molar-refractivity contribution in [1.82, 2.24) is 24.4 Å². The molecule has 1 aliphatic rings. The molecule has 3 rings (SSSR count). The van der Waals surface area contributed by atoms with Crippen molar-refractivity contribution in [2.75, 3.05) is 13.1 Å². The van der Waals surface area contributed by atoms with E-state index in [1.54, 1.807) is 0 Å². The number of imidazole rings is 1. The van der Waals surface area contributed by atoms with Gasteiger partial charge in [0.05, 0.1) is 23.8 Å². The van der Waals surface area contributed by atoms with E-state index in [1.807, 2.05) is 37.1 Å². The molecule has 1 aliphatic heterocycles. The average Bonchev–Trinajstić information content (AvgIpc) is 2.88. The highest BCUT2D eigenvalue weighted by atomic mass is 15.2. The van der Waals surface area contributed by atoms with Crippen LogP contribution < -0.4 is 0 Å². The van der Waals surface area contributed by atoms with Crippen molar-refractivity contribution in [1.29, 1.82) is 0 Å². The fourth-order valence-corrected chi connectivity index (χ4v) is 3.36. The Morgan fingerprint density at radius 2 is 2.00 bits per heavy atom. The molecule has 0 spiro atoms. The van der Waals surface area contributed by atoms with E-state index in [4.69, 9.17) is 0 Å². The molecule has 0 radical (unpaired) electrons. The van der Waals surface area contributed by atoms with Crippen molar-refractivity contribution in [2.45, 2.75) is 46.1 Å². The van der Waals surface area contributed by atoms with E-state index in [0.717, 1.165) is 29.3 Å². The minimum Gasteiger partial charge on any atom is -0.330 e. The number of rotatable bonds is 4. The molecular formula is C18H27N5. The van der Waals surface area contributed by atoms with Crippen LogP contribution in [-0.2, 0) is 13.5 Å². The van der Waals surface area contributed by atoms with Crippen LogP contribution in [0.1, 0.15) is 38.2 Å². The van der Waals surface area contributed by atoms with Gasteiger partial charge in [0, 0.05) is 25.8 Å². The fraction of sp³-hybridized carbons (Fsp3) is 0.611. The van der Waals surface area contributed by atoms with Crippen LogP contribution in [0.25, 0.3) is 11.4 Å². The molecule has 0 bridgehead atoms. The molecule has 1 saturated heterocycles. The SMILES string of the molecule is Cc1ncc(-c2cnc(CC3CCCN(C(C)C)C3)cn2)n1C. The summed E-state index contributed by atoms with van der Waals surface area (Å²) in [6.45, 7) is 8.98. The third-order valence-electron chi connectivity index (χ3n) is 4.97. The van der Waals surface area contributed by atoms with E-state index >= 15 is 0 Å². The highest BCUT2D eigenvalue weighted by Gasteiger charge is 2.22. The van der Waals surface area contributed by atoms with Gasteiger partial charge in [-0.2, -0.15) is 0 Å². The number of aryl methyl sites for hydroxylation is 1. The number of nitrogens with zero attached hydrogens (tertiary/aromatic N) is 5. The predicted molar refractivity (Wildman–Crippen MR) is 92.1 cm³/mol. The Labute approximate surface area is 138 Å². The first kappa shape index (κ1) is 16.1. The summed E-state index contributed by atoms with van der Waals surface area (Å²) in [4.78, 5) is 16.2. The van der Waals surface area contributed by atoms with Crippen molar-refractivity contribution in [3.8, 4) is 11.4 Å². The Hall–Kier alpha value is -1.75. The minimum absolute atomic E-state index is 0.638.